The van der Waals surface area contributed by atoms with E-state index < -0.39 is 0 Å². The van der Waals surface area contributed by atoms with Gasteiger partial charge in [-0.25, -0.2) is 0 Å². The molecular weight excluding hydrogens is 204 g/mol. The van der Waals surface area contributed by atoms with Gasteiger partial charge in [-0.2, -0.15) is 0 Å². The molecule has 0 radical (unpaired) electrons. The lowest BCUT2D eigenvalue weighted by Crippen LogP contribution is -1.77. The van der Waals surface area contributed by atoms with Crippen LogP contribution in [0.15, 0.2) is 0 Å². The molecule has 0 aromatic carbocycles. The Hall–Kier alpha value is -1.32. The van der Waals surface area contributed by atoms with E-state index in [-0.39, 0.29) is 0 Å². The van der Waals surface area contributed by atoms with Crippen molar-refractivity contribution in [2.45, 2.75) is 71.6 Å². The molecule has 0 aliphatic heterocycles. The average Bonchev–Trinajstić information content (AvgIpc) is 2.35. The molecule has 17 heavy (non-hydrogen) atoms. The molecule has 0 aliphatic carbocycles. The van der Waals surface area contributed by atoms with E-state index in [9.17, 15) is 0 Å². The van der Waals surface area contributed by atoms with Crippen LogP contribution in [0, 0.1) is 35.5 Å². The molecule has 0 heteroatoms. The Bertz CT molecular complexity index is 329. The van der Waals surface area contributed by atoms with Gasteiger partial charge in [-0.15, -0.1) is 11.8 Å². The van der Waals surface area contributed by atoms with Crippen molar-refractivity contribution in [3.05, 3.63) is 0 Å². The highest BCUT2D eigenvalue weighted by Gasteiger charge is 1.87. The van der Waals surface area contributed by atoms with Crippen molar-refractivity contribution in [1.29, 1.82) is 0 Å². The summed E-state index contributed by atoms with van der Waals surface area (Å²) in [6, 6.07) is 0. The Labute approximate surface area is 108 Å². The van der Waals surface area contributed by atoms with Crippen LogP contribution in [0.4, 0.5) is 0 Å². The van der Waals surface area contributed by atoms with Crippen LogP contribution in [0.3, 0.4) is 0 Å². The first-order chi connectivity index (χ1) is 8.41. The van der Waals surface area contributed by atoms with Gasteiger partial charge in [-0.3, -0.25) is 0 Å². The first-order valence-corrected chi connectivity index (χ1v) is 6.72. The molecule has 0 rings (SSSR count). The fraction of sp³-hybridized carbons (Fsp3) is 0.647. The quantitative estimate of drug-likeness (QED) is 0.462. The third kappa shape index (κ3) is 14.7. The zero-order chi connectivity index (χ0) is 12.6. The van der Waals surface area contributed by atoms with Crippen LogP contribution < -0.4 is 0 Å². The molecule has 0 heterocycles. The summed E-state index contributed by atoms with van der Waals surface area (Å²) < 4.78 is 0. The van der Waals surface area contributed by atoms with E-state index in [1.807, 2.05) is 6.92 Å². The van der Waals surface area contributed by atoms with Gasteiger partial charge in [-0.05, 0) is 13.3 Å². The zero-order valence-corrected chi connectivity index (χ0v) is 11.4. The van der Waals surface area contributed by atoms with Crippen LogP contribution in [-0.2, 0) is 0 Å². The summed E-state index contributed by atoms with van der Waals surface area (Å²) in [7, 11) is 0. The topological polar surface area (TPSA) is 0 Å². The van der Waals surface area contributed by atoms with E-state index in [4.69, 9.17) is 0 Å². The monoisotopic (exact) mass is 228 g/mol. The predicted molar refractivity (Wildman–Crippen MR) is 76.2 cm³/mol. The molecule has 0 aromatic heterocycles. The fourth-order valence-corrected chi connectivity index (χ4v) is 1.45. The SMILES string of the molecule is CC#CCC#CCC#CCCCCCCCC. The number of unbranched alkanes of at least 4 members (excludes halogenated alkanes) is 6. The van der Waals surface area contributed by atoms with Crippen LogP contribution in [0.2, 0.25) is 0 Å². The molecule has 0 aromatic rings. The van der Waals surface area contributed by atoms with Crippen LogP contribution >= 0.6 is 0 Å². The third-order valence-corrected chi connectivity index (χ3v) is 2.44. The molecule has 0 amide bonds. The minimum Gasteiger partial charge on any atom is -0.106 e. The van der Waals surface area contributed by atoms with Crippen LogP contribution in [0.25, 0.3) is 0 Å². The van der Waals surface area contributed by atoms with Gasteiger partial charge >= 0.3 is 0 Å². The summed E-state index contributed by atoms with van der Waals surface area (Å²) in [6.45, 7) is 4.08. The summed E-state index contributed by atoms with van der Waals surface area (Å²) >= 11 is 0. The second-order valence-electron chi connectivity index (χ2n) is 4.01. The molecule has 92 valence electrons. The second kappa shape index (κ2) is 14.7. The molecule has 0 fully saturated rings. The maximum absolute atomic E-state index is 3.18. The number of hydrogen-bond acceptors (Lipinski definition) is 0. The number of rotatable bonds is 6. The fourth-order valence-electron chi connectivity index (χ4n) is 1.45. The molecule has 0 atom stereocenters. The lowest BCUT2D eigenvalue weighted by molar-refractivity contribution is 0.614. The Morgan fingerprint density at radius 2 is 1.24 bits per heavy atom. The Balaban J connectivity index is 3.29. The van der Waals surface area contributed by atoms with Crippen molar-refractivity contribution in [1.82, 2.24) is 0 Å². The zero-order valence-electron chi connectivity index (χ0n) is 11.4. The van der Waals surface area contributed by atoms with E-state index in [0.29, 0.717) is 12.8 Å². The highest BCUT2D eigenvalue weighted by Crippen LogP contribution is 2.05. The summed E-state index contributed by atoms with van der Waals surface area (Å²) in [5.41, 5.74) is 0. The first kappa shape index (κ1) is 15.7. The average molecular weight is 228 g/mol. The molecule has 0 aliphatic rings. The lowest BCUT2D eigenvalue weighted by atomic mass is 10.1. The molecule has 0 unspecified atom stereocenters. The van der Waals surface area contributed by atoms with Crippen LogP contribution in [0.5, 0.6) is 0 Å². The maximum Gasteiger partial charge on any atom is 0.0702 e. The van der Waals surface area contributed by atoms with E-state index in [1.165, 1.54) is 38.5 Å². The minimum absolute atomic E-state index is 0.676. The molecular formula is C17H24. The molecule has 0 saturated heterocycles. The Morgan fingerprint density at radius 3 is 1.94 bits per heavy atom. The van der Waals surface area contributed by atoms with Gasteiger partial charge in [0.05, 0.1) is 12.8 Å². The van der Waals surface area contributed by atoms with Crippen molar-refractivity contribution < 1.29 is 0 Å². The van der Waals surface area contributed by atoms with Crippen molar-refractivity contribution in [3.8, 4) is 35.5 Å². The summed E-state index contributed by atoms with van der Waals surface area (Å²) in [5.74, 6) is 18.0. The van der Waals surface area contributed by atoms with Gasteiger partial charge in [-0.1, -0.05) is 62.7 Å². The standard InChI is InChI=1S/C17H24/c1-3-5-7-9-11-13-15-17-16-14-12-10-8-6-4-2/h3,5,7-9,11,13-15H2,1-2H3. The van der Waals surface area contributed by atoms with Crippen molar-refractivity contribution >= 4 is 0 Å². The van der Waals surface area contributed by atoms with Gasteiger partial charge in [0.2, 0.25) is 0 Å². The van der Waals surface area contributed by atoms with Crippen molar-refractivity contribution in [2.75, 3.05) is 0 Å². The van der Waals surface area contributed by atoms with E-state index in [2.05, 4.69) is 42.4 Å². The van der Waals surface area contributed by atoms with E-state index in [0.717, 1.165) is 6.42 Å². The normalized spacial score (nSPS) is 8.12. The van der Waals surface area contributed by atoms with E-state index >= 15 is 0 Å². The van der Waals surface area contributed by atoms with Gasteiger partial charge in [0.25, 0.3) is 0 Å². The smallest absolute Gasteiger partial charge is 0.0702 e. The van der Waals surface area contributed by atoms with Gasteiger partial charge in [0.15, 0.2) is 0 Å². The highest BCUT2D eigenvalue weighted by atomic mass is 13.9. The van der Waals surface area contributed by atoms with Crippen molar-refractivity contribution in [2.24, 2.45) is 0 Å². The van der Waals surface area contributed by atoms with Gasteiger partial charge < -0.3 is 0 Å². The molecule has 0 nitrogen and oxygen atoms in total. The third-order valence-electron chi connectivity index (χ3n) is 2.44. The van der Waals surface area contributed by atoms with Crippen LogP contribution in [0.1, 0.15) is 71.6 Å². The Morgan fingerprint density at radius 1 is 0.647 bits per heavy atom. The minimum atomic E-state index is 0.676. The van der Waals surface area contributed by atoms with Gasteiger partial charge in [0, 0.05) is 6.42 Å². The van der Waals surface area contributed by atoms with Crippen LogP contribution in [-0.4, -0.2) is 0 Å². The Kier molecular flexibility index (Phi) is 13.5. The van der Waals surface area contributed by atoms with E-state index in [1.54, 1.807) is 0 Å². The van der Waals surface area contributed by atoms with Gasteiger partial charge in [0.1, 0.15) is 0 Å². The summed E-state index contributed by atoms with van der Waals surface area (Å²) in [4.78, 5) is 0. The molecule has 0 bridgehead atoms. The first-order valence-electron chi connectivity index (χ1n) is 6.72. The number of hydrogen-bond donors (Lipinski definition) is 0. The molecule has 0 spiro atoms. The second-order valence-corrected chi connectivity index (χ2v) is 4.01. The molecule has 0 N–H and O–H groups in total. The predicted octanol–water partition coefficient (Wildman–Crippen LogP) is 4.55. The summed E-state index contributed by atoms with van der Waals surface area (Å²) in [6.07, 6.45) is 10.4. The molecule has 0 saturated carbocycles. The summed E-state index contributed by atoms with van der Waals surface area (Å²) in [5, 5.41) is 0. The maximum atomic E-state index is 3.18. The highest BCUT2D eigenvalue weighted by molar-refractivity contribution is 5.15. The lowest BCUT2D eigenvalue weighted by Gasteiger charge is -1.96. The largest absolute Gasteiger partial charge is 0.106 e. The van der Waals surface area contributed by atoms with Crippen molar-refractivity contribution in [3.63, 3.8) is 0 Å².